The Hall–Kier alpha value is -1.55. The summed E-state index contributed by atoms with van der Waals surface area (Å²) in [5.41, 5.74) is 1.12. The van der Waals surface area contributed by atoms with Gasteiger partial charge in [-0.1, -0.05) is 19.1 Å². The van der Waals surface area contributed by atoms with E-state index in [0.29, 0.717) is 12.3 Å². The summed E-state index contributed by atoms with van der Waals surface area (Å²) in [5, 5.41) is 12.3. The lowest BCUT2D eigenvalue weighted by Gasteiger charge is -2.29. The van der Waals surface area contributed by atoms with Crippen LogP contribution in [0.2, 0.25) is 0 Å². The molecule has 122 valence electrons. The number of aryl methyl sites for hydroxylation is 1. The first kappa shape index (κ1) is 16.8. The highest BCUT2D eigenvalue weighted by atomic mass is 16.5. The molecule has 1 atom stereocenters. The van der Waals surface area contributed by atoms with Crippen LogP contribution in [-0.4, -0.2) is 29.8 Å². The summed E-state index contributed by atoms with van der Waals surface area (Å²) in [6, 6.07) is 7.99. The predicted octanol–water partition coefficient (Wildman–Crippen LogP) is 2.82. The minimum absolute atomic E-state index is 0.0311. The largest absolute Gasteiger partial charge is 0.481 e. The molecule has 0 spiro atoms. The second-order valence-corrected chi connectivity index (χ2v) is 6.24. The minimum Gasteiger partial charge on any atom is -0.481 e. The Morgan fingerprint density at radius 1 is 1.36 bits per heavy atom. The molecule has 0 bridgehead atoms. The molecule has 0 aliphatic heterocycles. The fraction of sp³-hybridized carbons (Fsp3) is 0.611. The fourth-order valence-electron chi connectivity index (χ4n) is 2.96. The van der Waals surface area contributed by atoms with Gasteiger partial charge in [0.05, 0.1) is 0 Å². The van der Waals surface area contributed by atoms with E-state index in [2.05, 4.69) is 5.32 Å². The quantitative estimate of drug-likeness (QED) is 0.849. The van der Waals surface area contributed by atoms with Crippen LogP contribution in [0.5, 0.6) is 5.75 Å². The molecular weight excluding hydrogens is 278 g/mol. The smallest absolute Gasteiger partial charge is 0.261 e. The molecule has 22 heavy (non-hydrogen) atoms. The number of benzene rings is 1. The van der Waals surface area contributed by atoms with E-state index in [0.717, 1.165) is 37.0 Å². The highest BCUT2D eigenvalue weighted by molar-refractivity contribution is 5.81. The van der Waals surface area contributed by atoms with Gasteiger partial charge in [0.15, 0.2) is 6.10 Å². The number of rotatable bonds is 6. The third-order valence-electron chi connectivity index (χ3n) is 4.38. The summed E-state index contributed by atoms with van der Waals surface area (Å²) in [4.78, 5) is 12.4. The second-order valence-electron chi connectivity index (χ2n) is 6.24. The number of ether oxygens (including phenoxy) is 1. The van der Waals surface area contributed by atoms with Crippen LogP contribution in [0.15, 0.2) is 24.3 Å². The monoisotopic (exact) mass is 305 g/mol. The van der Waals surface area contributed by atoms with Crippen molar-refractivity contribution in [1.29, 1.82) is 0 Å². The maximum Gasteiger partial charge on any atom is 0.261 e. The van der Waals surface area contributed by atoms with Gasteiger partial charge in [-0.3, -0.25) is 4.79 Å². The van der Waals surface area contributed by atoms with Gasteiger partial charge in [-0.05, 0) is 62.6 Å². The van der Waals surface area contributed by atoms with E-state index < -0.39 is 6.10 Å². The topological polar surface area (TPSA) is 58.6 Å². The van der Waals surface area contributed by atoms with Crippen molar-refractivity contribution >= 4 is 5.91 Å². The van der Waals surface area contributed by atoms with Crippen LogP contribution in [0, 0.1) is 12.8 Å². The number of aliphatic hydroxyl groups excluding tert-OH is 1. The molecule has 1 saturated carbocycles. The number of amides is 1. The lowest BCUT2D eigenvalue weighted by molar-refractivity contribution is -0.129. The number of aliphatic hydroxyl groups is 1. The second kappa shape index (κ2) is 8.18. The SMILES string of the molecule is CCC(Oc1cccc(C)c1)C(=O)NC1CCC(CO)CC1. The van der Waals surface area contributed by atoms with Crippen molar-refractivity contribution in [2.45, 2.75) is 58.1 Å². The number of hydrogen-bond acceptors (Lipinski definition) is 3. The summed E-state index contributed by atoms with van der Waals surface area (Å²) in [6.45, 7) is 4.23. The van der Waals surface area contributed by atoms with Crippen molar-refractivity contribution in [2.75, 3.05) is 6.61 Å². The van der Waals surface area contributed by atoms with Crippen LogP contribution >= 0.6 is 0 Å². The zero-order valence-electron chi connectivity index (χ0n) is 13.5. The number of carbonyl (C=O) groups excluding carboxylic acids is 1. The average Bonchev–Trinajstić information content (AvgIpc) is 2.53. The summed E-state index contributed by atoms with van der Waals surface area (Å²) in [6.07, 6.45) is 4.05. The molecule has 1 aromatic carbocycles. The van der Waals surface area contributed by atoms with Crippen molar-refractivity contribution < 1.29 is 14.6 Å². The molecule has 1 amide bonds. The molecule has 1 fully saturated rings. The van der Waals surface area contributed by atoms with Crippen LogP contribution in [0.25, 0.3) is 0 Å². The summed E-state index contributed by atoms with van der Waals surface area (Å²) < 4.78 is 5.84. The zero-order chi connectivity index (χ0) is 15.9. The van der Waals surface area contributed by atoms with Gasteiger partial charge >= 0.3 is 0 Å². The Bertz CT molecular complexity index is 481. The molecule has 4 heteroatoms. The first-order chi connectivity index (χ1) is 10.6. The summed E-state index contributed by atoms with van der Waals surface area (Å²) >= 11 is 0. The van der Waals surface area contributed by atoms with E-state index in [-0.39, 0.29) is 18.6 Å². The first-order valence-corrected chi connectivity index (χ1v) is 8.27. The molecule has 0 heterocycles. The van der Waals surface area contributed by atoms with E-state index in [1.807, 2.05) is 38.1 Å². The third-order valence-corrected chi connectivity index (χ3v) is 4.38. The number of hydrogen-bond donors (Lipinski definition) is 2. The van der Waals surface area contributed by atoms with Gasteiger partial charge < -0.3 is 15.2 Å². The molecule has 0 aromatic heterocycles. The van der Waals surface area contributed by atoms with Crippen molar-refractivity contribution in [3.05, 3.63) is 29.8 Å². The summed E-state index contributed by atoms with van der Waals surface area (Å²) in [5.74, 6) is 1.11. The van der Waals surface area contributed by atoms with E-state index in [9.17, 15) is 4.79 Å². The van der Waals surface area contributed by atoms with Gasteiger partial charge in [-0.15, -0.1) is 0 Å². The zero-order valence-corrected chi connectivity index (χ0v) is 13.5. The van der Waals surface area contributed by atoms with Crippen LogP contribution in [0.4, 0.5) is 0 Å². The molecule has 4 nitrogen and oxygen atoms in total. The third kappa shape index (κ3) is 4.73. The van der Waals surface area contributed by atoms with Crippen molar-refractivity contribution in [1.82, 2.24) is 5.32 Å². The fourth-order valence-corrected chi connectivity index (χ4v) is 2.96. The summed E-state index contributed by atoms with van der Waals surface area (Å²) in [7, 11) is 0. The van der Waals surface area contributed by atoms with Gasteiger partial charge in [-0.2, -0.15) is 0 Å². The van der Waals surface area contributed by atoms with Gasteiger partial charge in [0.25, 0.3) is 5.91 Å². The number of nitrogens with one attached hydrogen (secondary N) is 1. The van der Waals surface area contributed by atoms with Crippen LogP contribution in [0.1, 0.15) is 44.6 Å². The van der Waals surface area contributed by atoms with E-state index >= 15 is 0 Å². The minimum atomic E-state index is -0.447. The lowest BCUT2D eigenvalue weighted by atomic mass is 9.86. The molecule has 2 N–H and O–H groups in total. The molecule has 2 rings (SSSR count). The predicted molar refractivity (Wildman–Crippen MR) is 86.9 cm³/mol. The van der Waals surface area contributed by atoms with Crippen molar-refractivity contribution in [2.24, 2.45) is 5.92 Å². The molecule has 0 saturated heterocycles. The van der Waals surface area contributed by atoms with Crippen molar-refractivity contribution in [3.63, 3.8) is 0 Å². The molecular formula is C18H27NO3. The Labute approximate surface area is 132 Å². The standard InChI is InChI=1S/C18H27NO3/c1-3-17(22-16-6-4-5-13(2)11-16)18(21)19-15-9-7-14(12-20)8-10-15/h4-6,11,14-15,17,20H,3,7-10,12H2,1-2H3,(H,19,21). The van der Waals surface area contributed by atoms with E-state index in [1.165, 1.54) is 0 Å². The van der Waals surface area contributed by atoms with Crippen molar-refractivity contribution in [3.8, 4) is 5.75 Å². The molecule has 1 aliphatic carbocycles. The van der Waals surface area contributed by atoms with Gasteiger partial charge in [-0.25, -0.2) is 0 Å². The van der Waals surface area contributed by atoms with Gasteiger partial charge in [0.2, 0.25) is 0 Å². The van der Waals surface area contributed by atoms with E-state index in [4.69, 9.17) is 9.84 Å². The average molecular weight is 305 g/mol. The van der Waals surface area contributed by atoms with Crippen LogP contribution in [-0.2, 0) is 4.79 Å². The molecule has 0 radical (unpaired) electrons. The maximum absolute atomic E-state index is 12.4. The highest BCUT2D eigenvalue weighted by Crippen LogP contribution is 2.24. The Morgan fingerprint density at radius 2 is 2.09 bits per heavy atom. The molecule has 1 aliphatic rings. The van der Waals surface area contributed by atoms with Gasteiger partial charge in [0, 0.05) is 12.6 Å². The van der Waals surface area contributed by atoms with E-state index in [1.54, 1.807) is 0 Å². The van der Waals surface area contributed by atoms with Gasteiger partial charge in [0.1, 0.15) is 5.75 Å². The molecule has 1 aromatic rings. The number of carbonyl (C=O) groups is 1. The normalized spacial score (nSPS) is 22.9. The lowest BCUT2D eigenvalue weighted by Crippen LogP contribution is -2.45. The Morgan fingerprint density at radius 3 is 2.68 bits per heavy atom. The highest BCUT2D eigenvalue weighted by Gasteiger charge is 2.25. The Balaban J connectivity index is 1.86. The first-order valence-electron chi connectivity index (χ1n) is 8.27. The molecule has 1 unspecified atom stereocenters. The van der Waals surface area contributed by atoms with Crippen LogP contribution in [0.3, 0.4) is 0 Å². The maximum atomic E-state index is 12.4. The van der Waals surface area contributed by atoms with Crippen LogP contribution < -0.4 is 10.1 Å². The Kier molecular flexibility index (Phi) is 6.25.